The van der Waals surface area contributed by atoms with Crippen LogP contribution in [0.5, 0.6) is 0 Å². The van der Waals surface area contributed by atoms with E-state index in [9.17, 15) is 9.90 Å². The average molecular weight is 306 g/mol. The number of hydrogen-bond donors (Lipinski definition) is 4. The fraction of sp³-hybridized carbons (Fsp3) is 0.933. The molecule has 0 bridgehead atoms. The lowest BCUT2D eigenvalue weighted by Gasteiger charge is -2.32. The van der Waals surface area contributed by atoms with E-state index in [-0.39, 0.29) is 13.0 Å². The van der Waals surface area contributed by atoms with Crippen molar-refractivity contribution in [3.63, 3.8) is 0 Å². The Morgan fingerprint density at radius 3 is 2.30 bits per heavy atom. The summed E-state index contributed by atoms with van der Waals surface area (Å²) in [5.41, 5.74) is 0. The first-order valence-corrected chi connectivity index (χ1v) is 8.14. The maximum Gasteiger partial charge on any atom is 0.304 e. The topological polar surface area (TPSA) is 77.8 Å². The lowest BCUT2D eigenvalue weighted by atomic mass is 9.88. The first kappa shape index (κ1) is 19.7. The van der Waals surface area contributed by atoms with Crippen LogP contribution in [0.4, 0.5) is 0 Å². The summed E-state index contributed by atoms with van der Waals surface area (Å²) < 4.78 is -0.883. The molecular weight excluding hydrogens is 276 g/mol. The zero-order chi connectivity index (χ0) is 15.4. The van der Waals surface area contributed by atoms with Gasteiger partial charge in [-0.25, -0.2) is 0 Å². The zero-order valence-corrected chi connectivity index (χ0v) is 13.4. The molecule has 0 aliphatic heterocycles. The van der Waals surface area contributed by atoms with Gasteiger partial charge in [-0.1, -0.05) is 45.4 Å². The fourth-order valence-corrected chi connectivity index (χ4v) is 2.82. The van der Waals surface area contributed by atoms with Gasteiger partial charge in [0.05, 0.1) is 12.5 Å². The minimum absolute atomic E-state index is 0.00497. The molecule has 3 N–H and O–H groups in total. The third kappa shape index (κ3) is 8.82. The summed E-state index contributed by atoms with van der Waals surface area (Å²) in [5.74, 6) is -0.936. The van der Waals surface area contributed by atoms with Gasteiger partial charge in [0.2, 0.25) is 0 Å². The number of thiol groups is 1. The van der Waals surface area contributed by atoms with Crippen LogP contribution < -0.4 is 0 Å². The highest BCUT2D eigenvalue weighted by atomic mass is 32.1. The minimum atomic E-state index is -0.936. The minimum Gasteiger partial charge on any atom is -0.481 e. The Hall–Kier alpha value is -0.260. The van der Waals surface area contributed by atoms with Crippen molar-refractivity contribution in [3.8, 4) is 0 Å². The predicted molar refractivity (Wildman–Crippen MR) is 84.3 cm³/mol. The van der Waals surface area contributed by atoms with Gasteiger partial charge < -0.3 is 15.3 Å². The van der Waals surface area contributed by atoms with Crippen LogP contribution in [-0.4, -0.2) is 38.7 Å². The Morgan fingerprint density at radius 2 is 1.75 bits per heavy atom. The molecule has 0 saturated heterocycles. The average Bonchev–Trinajstić information content (AvgIpc) is 2.39. The largest absolute Gasteiger partial charge is 0.481 e. The van der Waals surface area contributed by atoms with E-state index in [0.29, 0.717) is 19.3 Å². The molecular formula is C15H30O4S. The van der Waals surface area contributed by atoms with Crippen molar-refractivity contribution < 1.29 is 20.1 Å². The molecule has 0 aliphatic rings. The van der Waals surface area contributed by atoms with Gasteiger partial charge in [-0.3, -0.25) is 4.79 Å². The van der Waals surface area contributed by atoms with Crippen molar-refractivity contribution in [2.45, 2.75) is 82.0 Å². The van der Waals surface area contributed by atoms with Crippen LogP contribution in [0, 0.1) is 0 Å². The van der Waals surface area contributed by atoms with Gasteiger partial charge in [0, 0.05) is 11.4 Å². The van der Waals surface area contributed by atoms with Gasteiger partial charge in [-0.15, -0.1) is 0 Å². The van der Waals surface area contributed by atoms with Crippen LogP contribution >= 0.6 is 12.6 Å². The number of aliphatic hydroxyl groups excluding tert-OH is 2. The first-order valence-electron chi connectivity index (χ1n) is 7.69. The van der Waals surface area contributed by atoms with Gasteiger partial charge in [-0.2, -0.15) is 12.6 Å². The van der Waals surface area contributed by atoms with Crippen LogP contribution in [0.25, 0.3) is 0 Å². The second-order valence-electron chi connectivity index (χ2n) is 5.57. The molecule has 2 unspecified atom stereocenters. The van der Waals surface area contributed by atoms with Gasteiger partial charge >= 0.3 is 5.97 Å². The van der Waals surface area contributed by atoms with E-state index >= 15 is 0 Å². The molecule has 0 aromatic carbocycles. The fourth-order valence-electron chi connectivity index (χ4n) is 2.40. The normalized spacial score (nSPS) is 15.8. The standard InChI is InChI=1S/C15H30O4S/c1-2-3-4-5-6-7-10-15(20,12-14(18)19)13(17)9-8-11-16/h13,16-17,20H,2-12H2,1H3,(H,18,19). The highest BCUT2D eigenvalue weighted by Gasteiger charge is 2.35. The van der Waals surface area contributed by atoms with Crippen molar-refractivity contribution in [2.24, 2.45) is 0 Å². The van der Waals surface area contributed by atoms with Crippen molar-refractivity contribution in [1.82, 2.24) is 0 Å². The Balaban J connectivity index is 4.21. The molecule has 20 heavy (non-hydrogen) atoms. The quantitative estimate of drug-likeness (QED) is 0.311. The predicted octanol–water partition coefficient (Wildman–Crippen LogP) is 3.01. The van der Waals surface area contributed by atoms with Crippen LogP contribution in [0.2, 0.25) is 0 Å². The van der Waals surface area contributed by atoms with Gasteiger partial charge in [0.25, 0.3) is 0 Å². The Bertz CT molecular complexity index is 260. The molecule has 0 heterocycles. The Labute approximate surface area is 128 Å². The van der Waals surface area contributed by atoms with Crippen molar-refractivity contribution in [1.29, 1.82) is 0 Å². The molecule has 120 valence electrons. The summed E-state index contributed by atoms with van der Waals surface area (Å²) in [6, 6.07) is 0. The number of carbonyl (C=O) groups is 1. The first-order chi connectivity index (χ1) is 9.46. The molecule has 5 heteroatoms. The smallest absolute Gasteiger partial charge is 0.304 e. The summed E-state index contributed by atoms with van der Waals surface area (Å²) in [6.07, 6.45) is 7.27. The van der Waals surface area contributed by atoms with Crippen molar-refractivity contribution in [3.05, 3.63) is 0 Å². The zero-order valence-electron chi connectivity index (χ0n) is 12.6. The van der Waals surface area contributed by atoms with E-state index in [0.717, 1.165) is 19.3 Å². The highest BCUT2D eigenvalue weighted by molar-refractivity contribution is 7.81. The summed E-state index contributed by atoms with van der Waals surface area (Å²) in [7, 11) is 0. The van der Waals surface area contributed by atoms with Crippen LogP contribution in [-0.2, 0) is 4.79 Å². The molecule has 0 aliphatic carbocycles. The maximum absolute atomic E-state index is 11.0. The SMILES string of the molecule is CCCCCCCCC(S)(CC(=O)O)C(O)CCCO. The van der Waals surface area contributed by atoms with E-state index in [4.69, 9.17) is 10.2 Å². The number of aliphatic carboxylic acids is 1. The third-order valence-electron chi connectivity index (χ3n) is 3.68. The molecule has 4 nitrogen and oxygen atoms in total. The van der Waals surface area contributed by atoms with Crippen LogP contribution in [0.1, 0.15) is 71.1 Å². The van der Waals surface area contributed by atoms with Crippen molar-refractivity contribution >= 4 is 18.6 Å². The van der Waals surface area contributed by atoms with E-state index in [2.05, 4.69) is 19.6 Å². The summed E-state index contributed by atoms with van der Waals surface area (Å²) in [4.78, 5) is 11.0. The van der Waals surface area contributed by atoms with Gasteiger partial charge in [0.1, 0.15) is 0 Å². The monoisotopic (exact) mass is 306 g/mol. The summed E-state index contributed by atoms with van der Waals surface area (Å²) in [6.45, 7) is 2.17. The van der Waals surface area contributed by atoms with Crippen LogP contribution in [0.15, 0.2) is 0 Å². The molecule has 2 atom stereocenters. The van der Waals surface area contributed by atoms with Crippen molar-refractivity contribution in [2.75, 3.05) is 6.61 Å². The number of carboxylic acid groups (broad SMARTS) is 1. The van der Waals surface area contributed by atoms with Gasteiger partial charge in [0.15, 0.2) is 0 Å². The molecule has 0 aromatic rings. The molecule has 0 spiro atoms. The molecule has 0 rings (SSSR count). The lowest BCUT2D eigenvalue weighted by molar-refractivity contribution is -0.138. The van der Waals surface area contributed by atoms with E-state index in [1.54, 1.807) is 0 Å². The van der Waals surface area contributed by atoms with E-state index in [1.165, 1.54) is 19.3 Å². The number of unbranched alkanes of at least 4 members (excludes halogenated alkanes) is 5. The summed E-state index contributed by atoms with van der Waals surface area (Å²) in [5, 5.41) is 27.9. The van der Waals surface area contributed by atoms with Crippen LogP contribution in [0.3, 0.4) is 0 Å². The molecule has 0 fully saturated rings. The number of carboxylic acids is 1. The summed E-state index contributed by atoms with van der Waals surface area (Å²) >= 11 is 4.46. The molecule has 0 radical (unpaired) electrons. The molecule has 0 amide bonds. The lowest BCUT2D eigenvalue weighted by Crippen LogP contribution is -2.39. The second-order valence-corrected chi connectivity index (χ2v) is 6.46. The number of hydrogen-bond acceptors (Lipinski definition) is 4. The van der Waals surface area contributed by atoms with Gasteiger partial charge in [-0.05, 0) is 19.3 Å². The van der Waals surface area contributed by atoms with E-state index in [1.807, 2.05) is 0 Å². The highest BCUT2D eigenvalue weighted by Crippen LogP contribution is 2.33. The maximum atomic E-state index is 11.0. The van der Waals surface area contributed by atoms with E-state index < -0.39 is 16.8 Å². The Morgan fingerprint density at radius 1 is 1.15 bits per heavy atom. The molecule has 0 saturated carbocycles. The Kier molecular flexibility index (Phi) is 11.3. The second kappa shape index (κ2) is 11.4. The molecule has 0 aromatic heterocycles. The number of aliphatic hydroxyl groups is 2. The third-order valence-corrected chi connectivity index (χ3v) is 4.36. The number of rotatable bonds is 13.